The van der Waals surface area contributed by atoms with Gasteiger partial charge in [0.1, 0.15) is 5.69 Å². The topological polar surface area (TPSA) is 85.9 Å². The Morgan fingerprint density at radius 1 is 1.19 bits per heavy atom. The normalized spacial score (nSPS) is 11.0. The van der Waals surface area contributed by atoms with E-state index < -0.39 is 0 Å². The summed E-state index contributed by atoms with van der Waals surface area (Å²) < 4.78 is 0. The molecule has 3 N–H and O–H groups in total. The van der Waals surface area contributed by atoms with Gasteiger partial charge in [0, 0.05) is 42.9 Å². The fourth-order valence-corrected chi connectivity index (χ4v) is 2.70. The minimum absolute atomic E-state index is 0.192. The van der Waals surface area contributed by atoms with Crippen LogP contribution in [0.2, 0.25) is 0 Å². The number of aromatic nitrogens is 3. The molecule has 0 spiro atoms. The highest BCUT2D eigenvalue weighted by molar-refractivity contribution is 5.92. The van der Waals surface area contributed by atoms with Crippen molar-refractivity contribution in [3.05, 3.63) is 54.0 Å². The van der Waals surface area contributed by atoms with E-state index in [0.29, 0.717) is 18.2 Å². The molecule has 3 aromatic rings. The van der Waals surface area contributed by atoms with Crippen LogP contribution in [0.25, 0.3) is 10.9 Å². The molecular formula is C19H24N6O. The van der Waals surface area contributed by atoms with Gasteiger partial charge in [0.05, 0.1) is 0 Å². The maximum absolute atomic E-state index is 12.3. The van der Waals surface area contributed by atoms with Crippen LogP contribution in [0.1, 0.15) is 16.1 Å². The van der Waals surface area contributed by atoms with Gasteiger partial charge >= 0.3 is 0 Å². The highest BCUT2D eigenvalue weighted by Crippen LogP contribution is 2.17. The minimum atomic E-state index is -0.192. The van der Waals surface area contributed by atoms with Gasteiger partial charge < -0.3 is 20.5 Å². The second-order valence-electron chi connectivity index (χ2n) is 6.36. The molecule has 0 unspecified atom stereocenters. The molecule has 0 atom stereocenters. The molecule has 7 heteroatoms. The summed E-state index contributed by atoms with van der Waals surface area (Å²) in [6.07, 6.45) is 4.35. The monoisotopic (exact) mass is 352 g/mol. The molecule has 0 aliphatic carbocycles. The summed E-state index contributed by atoms with van der Waals surface area (Å²) in [6, 6.07) is 9.77. The van der Waals surface area contributed by atoms with E-state index in [0.717, 1.165) is 25.0 Å². The van der Waals surface area contributed by atoms with Crippen LogP contribution in [0.15, 0.2) is 42.7 Å². The zero-order valence-corrected chi connectivity index (χ0v) is 15.1. The van der Waals surface area contributed by atoms with E-state index in [2.05, 4.69) is 36.6 Å². The van der Waals surface area contributed by atoms with Crippen molar-refractivity contribution < 1.29 is 4.79 Å². The Balaban J connectivity index is 1.53. The molecule has 3 rings (SSSR count). The lowest BCUT2D eigenvalue weighted by Crippen LogP contribution is -2.27. The van der Waals surface area contributed by atoms with E-state index in [9.17, 15) is 4.79 Å². The Bertz CT molecular complexity index is 873. The van der Waals surface area contributed by atoms with Crippen LogP contribution in [0.4, 0.5) is 5.95 Å². The Morgan fingerprint density at radius 3 is 2.88 bits per heavy atom. The SMILES string of the molecule is CN(C)CCNc1nccc(C(=O)NCCc2c[nH]c3ccccc23)n1. The number of nitrogens with zero attached hydrogens (tertiary/aromatic N) is 3. The standard InChI is InChI=1S/C19H24N6O/c1-25(2)12-11-22-19-21-10-8-17(24-19)18(26)20-9-7-14-13-23-16-6-4-3-5-15(14)16/h3-6,8,10,13,23H,7,9,11-12H2,1-2H3,(H,20,26)(H,21,22,24). The van der Waals surface area contributed by atoms with Gasteiger partial charge in [0.25, 0.3) is 5.91 Å². The zero-order valence-electron chi connectivity index (χ0n) is 15.1. The highest BCUT2D eigenvalue weighted by atomic mass is 16.1. The Morgan fingerprint density at radius 2 is 2.04 bits per heavy atom. The predicted molar refractivity (Wildman–Crippen MR) is 103 cm³/mol. The highest BCUT2D eigenvalue weighted by Gasteiger charge is 2.09. The molecule has 0 aliphatic rings. The average molecular weight is 352 g/mol. The minimum Gasteiger partial charge on any atom is -0.361 e. The molecule has 1 aromatic carbocycles. The maximum Gasteiger partial charge on any atom is 0.270 e. The first kappa shape index (κ1) is 17.9. The van der Waals surface area contributed by atoms with Gasteiger partial charge in [-0.05, 0) is 38.2 Å². The van der Waals surface area contributed by atoms with E-state index in [-0.39, 0.29) is 5.91 Å². The second kappa shape index (κ2) is 8.44. The number of aromatic amines is 1. The first-order valence-corrected chi connectivity index (χ1v) is 8.68. The summed E-state index contributed by atoms with van der Waals surface area (Å²) in [5.74, 6) is 0.277. The molecule has 26 heavy (non-hydrogen) atoms. The smallest absolute Gasteiger partial charge is 0.270 e. The van der Waals surface area contributed by atoms with Gasteiger partial charge in [0.15, 0.2) is 0 Å². The Labute approximate surface area is 152 Å². The number of hydrogen-bond donors (Lipinski definition) is 3. The molecule has 0 saturated heterocycles. The third-order valence-electron chi connectivity index (χ3n) is 4.09. The summed E-state index contributed by atoms with van der Waals surface area (Å²) in [6.45, 7) is 2.14. The summed E-state index contributed by atoms with van der Waals surface area (Å²) in [4.78, 5) is 26.1. The van der Waals surface area contributed by atoms with Crippen LogP contribution >= 0.6 is 0 Å². The molecule has 1 amide bonds. The van der Waals surface area contributed by atoms with Crippen molar-refractivity contribution in [1.29, 1.82) is 0 Å². The molecule has 0 radical (unpaired) electrons. The van der Waals surface area contributed by atoms with E-state index in [1.807, 2.05) is 38.5 Å². The van der Waals surface area contributed by atoms with Crippen molar-refractivity contribution in [3.63, 3.8) is 0 Å². The summed E-state index contributed by atoms with van der Waals surface area (Å²) in [5.41, 5.74) is 2.67. The fraction of sp³-hybridized carbons (Fsp3) is 0.316. The maximum atomic E-state index is 12.3. The number of anilines is 1. The number of H-pyrrole nitrogens is 1. The average Bonchev–Trinajstić information content (AvgIpc) is 3.05. The van der Waals surface area contributed by atoms with Gasteiger partial charge in [-0.15, -0.1) is 0 Å². The van der Waals surface area contributed by atoms with E-state index >= 15 is 0 Å². The van der Waals surface area contributed by atoms with Crippen LogP contribution < -0.4 is 10.6 Å². The van der Waals surface area contributed by atoms with Crippen LogP contribution in [0, 0.1) is 0 Å². The summed E-state index contributed by atoms with van der Waals surface area (Å²) >= 11 is 0. The fourth-order valence-electron chi connectivity index (χ4n) is 2.70. The predicted octanol–water partition coefficient (Wildman–Crippen LogP) is 1.90. The van der Waals surface area contributed by atoms with Gasteiger partial charge in [0.2, 0.25) is 5.95 Å². The molecule has 136 valence electrons. The van der Waals surface area contributed by atoms with Crippen LogP contribution in [0.3, 0.4) is 0 Å². The van der Waals surface area contributed by atoms with Crippen LogP contribution in [-0.4, -0.2) is 59.5 Å². The van der Waals surface area contributed by atoms with Gasteiger partial charge in [-0.25, -0.2) is 9.97 Å². The number of hydrogen-bond acceptors (Lipinski definition) is 5. The van der Waals surface area contributed by atoms with Crippen molar-refractivity contribution in [3.8, 4) is 0 Å². The van der Waals surface area contributed by atoms with Gasteiger partial charge in [-0.3, -0.25) is 4.79 Å². The number of benzene rings is 1. The van der Waals surface area contributed by atoms with Crippen molar-refractivity contribution in [2.24, 2.45) is 0 Å². The van der Waals surface area contributed by atoms with E-state index in [1.54, 1.807) is 12.3 Å². The van der Waals surface area contributed by atoms with Gasteiger partial charge in [-0.1, -0.05) is 18.2 Å². The largest absolute Gasteiger partial charge is 0.361 e. The number of likely N-dealkylation sites (N-methyl/N-ethyl adjacent to an activating group) is 1. The number of para-hydroxylation sites is 1. The van der Waals surface area contributed by atoms with Crippen LogP contribution in [0.5, 0.6) is 0 Å². The molecule has 0 fully saturated rings. The van der Waals surface area contributed by atoms with E-state index in [4.69, 9.17) is 0 Å². The van der Waals surface area contributed by atoms with Crippen LogP contribution in [-0.2, 0) is 6.42 Å². The Hall–Kier alpha value is -2.93. The third kappa shape index (κ3) is 4.58. The lowest BCUT2D eigenvalue weighted by molar-refractivity contribution is 0.0949. The number of carbonyl (C=O) groups is 1. The van der Waals surface area contributed by atoms with Crippen molar-refractivity contribution in [1.82, 2.24) is 25.2 Å². The molecule has 0 bridgehead atoms. The van der Waals surface area contributed by atoms with E-state index in [1.165, 1.54) is 10.9 Å². The zero-order chi connectivity index (χ0) is 18.4. The quantitative estimate of drug-likeness (QED) is 0.576. The van der Waals surface area contributed by atoms with Crippen molar-refractivity contribution >= 4 is 22.8 Å². The number of amides is 1. The lowest BCUT2D eigenvalue weighted by atomic mass is 10.1. The molecule has 0 saturated carbocycles. The summed E-state index contributed by atoms with van der Waals surface area (Å²) in [7, 11) is 4.00. The molecule has 0 aliphatic heterocycles. The number of nitrogens with one attached hydrogen (secondary N) is 3. The first-order chi connectivity index (χ1) is 12.6. The van der Waals surface area contributed by atoms with Gasteiger partial charge in [-0.2, -0.15) is 0 Å². The second-order valence-corrected chi connectivity index (χ2v) is 6.36. The number of fused-ring (bicyclic) bond motifs is 1. The molecule has 7 nitrogen and oxygen atoms in total. The molecule has 2 aromatic heterocycles. The van der Waals surface area contributed by atoms with Crippen molar-refractivity contribution in [2.45, 2.75) is 6.42 Å². The molecular weight excluding hydrogens is 328 g/mol. The Kier molecular flexibility index (Phi) is 5.80. The summed E-state index contributed by atoms with van der Waals surface area (Å²) in [5, 5.41) is 7.24. The lowest BCUT2D eigenvalue weighted by Gasteiger charge is -2.10. The number of carbonyl (C=O) groups excluding carboxylic acids is 1. The number of rotatable bonds is 8. The third-order valence-corrected chi connectivity index (χ3v) is 4.09. The van der Waals surface area contributed by atoms with Crippen molar-refractivity contribution in [2.75, 3.05) is 39.0 Å². The molecule has 2 heterocycles. The first-order valence-electron chi connectivity index (χ1n) is 8.68.